The second kappa shape index (κ2) is 10.7. The lowest BCUT2D eigenvalue weighted by molar-refractivity contribution is -0.146. The zero-order valence-electron chi connectivity index (χ0n) is 18.0. The molecule has 2 aromatic rings. The van der Waals surface area contributed by atoms with Gasteiger partial charge in [-0.2, -0.15) is 0 Å². The van der Waals surface area contributed by atoms with E-state index in [4.69, 9.17) is 9.84 Å². The monoisotopic (exact) mass is 433 g/mol. The second-order valence-electron chi connectivity index (χ2n) is 7.72. The molecule has 2 atom stereocenters. The van der Waals surface area contributed by atoms with E-state index in [1.54, 1.807) is 24.3 Å². The fourth-order valence-corrected chi connectivity index (χ4v) is 4.65. The van der Waals surface area contributed by atoms with E-state index in [2.05, 4.69) is 4.72 Å². The summed E-state index contributed by atoms with van der Waals surface area (Å²) < 4.78 is 33.5. The topological polar surface area (TPSA) is 92.7 Å². The van der Waals surface area contributed by atoms with E-state index in [9.17, 15) is 13.2 Å². The highest BCUT2D eigenvalue weighted by Gasteiger charge is 2.28. The van der Waals surface area contributed by atoms with Crippen molar-refractivity contribution in [1.82, 2.24) is 4.72 Å². The lowest BCUT2D eigenvalue weighted by atomic mass is 9.92. The third-order valence-electron chi connectivity index (χ3n) is 5.31. The van der Waals surface area contributed by atoms with E-state index in [0.717, 1.165) is 16.7 Å². The summed E-state index contributed by atoms with van der Waals surface area (Å²) in [6.45, 7) is 5.72. The lowest BCUT2D eigenvalue weighted by Crippen LogP contribution is -2.41. The van der Waals surface area contributed by atoms with Gasteiger partial charge < -0.3 is 9.84 Å². The first-order valence-electron chi connectivity index (χ1n) is 10.1. The zero-order valence-corrected chi connectivity index (χ0v) is 18.8. The highest BCUT2D eigenvalue weighted by Crippen LogP contribution is 2.24. The predicted octanol–water partition coefficient (Wildman–Crippen LogP) is 3.74. The molecule has 2 aromatic carbocycles. The van der Waals surface area contributed by atoms with Gasteiger partial charge >= 0.3 is 5.97 Å². The Bertz CT molecular complexity index is 921. The van der Waals surface area contributed by atoms with Crippen molar-refractivity contribution < 1.29 is 23.1 Å². The molecule has 0 heterocycles. The van der Waals surface area contributed by atoms with Crippen molar-refractivity contribution in [2.45, 2.75) is 51.2 Å². The van der Waals surface area contributed by atoms with Gasteiger partial charge in [0.05, 0.1) is 24.5 Å². The molecule has 0 amide bonds. The Hall–Kier alpha value is -2.22. The van der Waals surface area contributed by atoms with Crippen LogP contribution in [0.15, 0.2) is 53.4 Å². The van der Waals surface area contributed by atoms with Crippen molar-refractivity contribution >= 4 is 16.0 Å². The number of aliphatic hydroxyl groups is 1. The van der Waals surface area contributed by atoms with Gasteiger partial charge in [0.2, 0.25) is 10.0 Å². The van der Waals surface area contributed by atoms with Crippen molar-refractivity contribution in [1.29, 1.82) is 0 Å². The Morgan fingerprint density at radius 3 is 2.00 bits per heavy atom. The number of hydrogen-bond acceptors (Lipinski definition) is 5. The summed E-state index contributed by atoms with van der Waals surface area (Å²) in [6, 6.07) is 13.7. The van der Waals surface area contributed by atoms with Gasteiger partial charge in [-0.05, 0) is 47.6 Å². The molecule has 6 nitrogen and oxygen atoms in total. The number of sulfonamides is 1. The van der Waals surface area contributed by atoms with Gasteiger partial charge in [-0.25, -0.2) is 13.1 Å². The minimum Gasteiger partial charge on any atom is -0.469 e. The van der Waals surface area contributed by atoms with Crippen molar-refractivity contribution in [2.24, 2.45) is 11.8 Å². The highest BCUT2D eigenvalue weighted by atomic mass is 32.2. The molecule has 0 radical (unpaired) electrons. The maximum absolute atomic E-state index is 12.9. The standard InChI is InChI=1S/C23H31NO5S/c1-5-18(23(26)29-4)14-22(16(2)3)24-30(27,28)21-12-10-20(11-13-21)19-8-6-17(15-25)7-9-19/h6-13,16,18,22,24-25H,5,14-15H2,1-4H3. The third kappa shape index (κ3) is 6.14. The summed E-state index contributed by atoms with van der Waals surface area (Å²) in [4.78, 5) is 12.1. The van der Waals surface area contributed by atoms with Gasteiger partial charge in [-0.15, -0.1) is 0 Å². The number of ether oxygens (including phenoxy) is 1. The van der Waals surface area contributed by atoms with Crippen LogP contribution in [-0.2, 0) is 26.2 Å². The number of hydrogen-bond donors (Lipinski definition) is 2. The van der Waals surface area contributed by atoms with E-state index in [1.807, 2.05) is 45.0 Å². The maximum Gasteiger partial charge on any atom is 0.308 e. The van der Waals surface area contributed by atoms with Crippen LogP contribution in [0.4, 0.5) is 0 Å². The Labute approximate surface area is 179 Å². The first kappa shape index (κ1) is 24.1. The zero-order chi connectivity index (χ0) is 22.3. The molecular weight excluding hydrogens is 402 g/mol. The van der Waals surface area contributed by atoms with Gasteiger partial charge in [0, 0.05) is 6.04 Å². The van der Waals surface area contributed by atoms with Crippen molar-refractivity contribution in [3.8, 4) is 11.1 Å². The maximum atomic E-state index is 12.9. The van der Waals surface area contributed by atoms with Crippen LogP contribution in [0.5, 0.6) is 0 Å². The molecule has 0 spiro atoms. The average Bonchev–Trinajstić information content (AvgIpc) is 2.76. The van der Waals surface area contributed by atoms with Crippen LogP contribution in [0.3, 0.4) is 0 Å². The molecule has 2 rings (SSSR count). The Morgan fingerprint density at radius 2 is 1.57 bits per heavy atom. The second-order valence-corrected chi connectivity index (χ2v) is 9.43. The summed E-state index contributed by atoms with van der Waals surface area (Å²) in [5, 5.41) is 9.15. The fourth-order valence-electron chi connectivity index (χ4n) is 3.26. The molecule has 0 aliphatic carbocycles. The molecule has 0 aliphatic rings. The van der Waals surface area contributed by atoms with Crippen molar-refractivity contribution in [3.63, 3.8) is 0 Å². The smallest absolute Gasteiger partial charge is 0.308 e. The number of benzene rings is 2. The SMILES string of the molecule is CCC(CC(NS(=O)(=O)c1ccc(-c2ccc(CO)cc2)cc1)C(C)C)C(=O)OC. The van der Waals surface area contributed by atoms with E-state index >= 15 is 0 Å². The van der Waals surface area contributed by atoms with Crippen LogP contribution in [0.1, 0.15) is 39.2 Å². The molecule has 2 N–H and O–H groups in total. The van der Waals surface area contributed by atoms with Crippen LogP contribution < -0.4 is 4.72 Å². The fraction of sp³-hybridized carbons (Fsp3) is 0.435. The molecule has 164 valence electrons. The average molecular weight is 434 g/mol. The summed E-state index contributed by atoms with van der Waals surface area (Å²) in [7, 11) is -2.39. The molecule has 0 saturated carbocycles. The normalized spacial score (nSPS) is 13.8. The first-order valence-corrected chi connectivity index (χ1v) is 11.6. The largest absolute Gasteiger partial charge is 0.469 e. The molecule has 7 heteroatoms. The van der Waals surface area contributed by atoms with Gasteiger partial charge in [0.25, 0.3) is 0 Å². The number of carbonyl (C=O) groups excluding carboxylic acids is 1. The van der Waals surface area contributed by atoms with Crippen LogP contribution in [-0.4, -0.2) is 32.6 Å². The molecule has 0 fully saturated rings. The number of esters is 1. The van der Waals surface area contributed by atoms with Crippen LogP contribution in [0.25, 0.3) is 11.1 Å². The van der Waals surface area contributed by atoms with Gasteiger partial charge in [-0.3, -0.25) is 4.79 Å². The Balaban J connectivity index is 2.18. The van der Waals surface area contributed by atoms with E-state index < -0.39 is 10.0 Å². The summed E-state index contributed by atoms with van der Waals surface area (Å²) in [5.41, 5.74) is 2.64. The third-order valence-corrected chi connectivity index (χ3v) is 6.82. The Morgan fingerprint density at radius 1 is 1.03 bits per heavy atom. The van der Waals surface area contributed by atoms with E-state index in [1.165, 1.54) is 7.11 Å². The molecule has 0 saturated heterocycles. The molecular formula is C23H31NO5S. The summed E-state index contributed by atoms with van der Waals surface area (Å²) in [5.74, 6) is -0.656. The lowest BCUT2D eigenvalue weighted by Gasteiger charge is -2.25. The van der Waals surface area contributed by atoms with Crippen molar-refractivity contribution in [2.75, 3.05) is 7.11 Å². The predicted molar refractivity (Wildman–Crippen MR) is 117 cm³/mol. The molecule has 0 bridgehead atoms. The van der Waals surface area contributed by atoms with Crippen LogP contribution in [0, 0.1) is 11.8 Å². The summed E-state index contributed by atoms with van der Waals surface area (Å²) in [6.07, 6.45) is 0.969. The van der Waals surface area contributed by atoms with Gasteiger partial charge in [-0.1, -0.05) is 57.2 Å². The van der Waals surface area contributed by atoms with E-state index in [0.29, 0.717) is 12.8 Å². The molecule has 30 heavy (non-hydrogen) atoms. The number of nitrogens with one attached hydrogen (secondary N) is 1. The Kier molecular flexibility index (Phi) is 8.58. The van der Waals surface area contributed by atoms with E-state index in [-0.39, 0.29) is 35.3 Å². The van der Waals surface area contributed by atoms with Gasteiger partial charge in [0.1, 0.15) is 0 Å². The number of aliphatic hydroxyl groups excluding tert-OH is 1. The first-order chi connectivity index (χ1) is 14.2. The quantitative estimate of drug-likeness (QED) is 0.557. The molecule has 0 aliphatic heterocycles. The van der Waals surface area contributed by atoms with Crippen molar-refractivity contribution in [3.05, 3.63) is 54.1 Å². The summed E-state index contributed by atoms with van der Waals surface area (Å²) >= 11 is 0. The van der Waals surface area contributed by atoms with Crippen LogP contribution in [0.2, 0.25) is 0 Å². The van der Waals surface area contributed by atoms with Crippen LogP contribution >= 0.6 is 0 Å². The number of carbonyl (C=O) groups is 1. The minimum atomic E-state index is -3.74. The molecule has 2 unspecified atom stereocenters. The number of rotatable bonds is 10. The van der Waals surface area contributed by atoms with Gasteiger partial charge in [0.15, 0.2) is 0 Å². The molecule has 0 aromatic heterocycles. The minimum absolute atomic E-state index is 0.0165. The highest BCUT2D eigenvalue weighted by molar-refractivity contribution is 7.89. The number of methoxy groups -OCH3 is 1.